The van der Waals surface area contributed by atoms with Crippen LogP contribution in [-0.2, 0) is 11.2 Å². The van der Waals surface area contributed by atoms with Crippen LogP contribution in [0.1, 0.15) is 17.7 Å². The van der Waals surface area contributed by atoms with Gasteiger partial charge in [-0.2, -0.15) is 12.6 Å². The van der Waals surface area contributed by atoms with Gasteiger partial charge in [0.2, 0.25) is 0 Å². The molecule has 1 aromatic rings. The number of ether oxygens (including phenoxy) is 1. The highest BCUT2D eigenvalue weighted by atomic mass is 32.1. The van der Waals surface area contributed by atoms with Gasteiger partial charge in [0, 0.05) is 31.2 Å². The number of rotatable bonds is 6. The molecule has 102 valence electrons. The van der Waals surface area contributed by atoms with Crippen LogP contribution in [-0.4, -0.2) is 44.0 Å². The highest BCUT2D eigenvalue weighted by molar-refractivity contribution is 7.80. The molecule has 18 heavy (non-hydrogen) atoms. The van der Waals surface area contributed by atoms with E-state index in [0.717, 1.165) is 51.3 Å². The first kappa shape index (κ1) is 14.4. The molecule has 1 saturated heterocycles. The molecule has 0 atom stereocenters. The number of thiol groups is 1. The zero-order valence-electron chi connectivity index (χ0n) is 11.1. The predicted molar refractivity (Wildman–Crippen MR) is 81.9 cm³/mol. The lowest BCUT2D eigenvalue weighted by atomic mass is 9.81. The molecule has 0 saturated carbocycles. The van der Waals surface area contributed by atoms with Gasteiger partial charge >= 0.3 is 0 Å². The van der Waals surface area contributed by atoms with E-state index in [2.05, 4.69) is 42.1 Å². The predicted octanol–water partition coefficient (Wildman–Crippen LogP) is 2.95. The Hall–Kier alpha value is -0.0300. The summed E-state index contributed by atoms with van der Waals surface area (Å²) in [6, 6.07) is 4.36. The Bertz CT molecular complexity index is 334. The van der Waals surface area contributed by atoms with Gasteiger partial charge in [-0.3, -0.25) is 0 Å². The second kappa shape index (κ2) is 6.94. The van der Waals surface area contributed by atoms with Gasteiger partial charge in [0.05, 0.1) is 0 Å². The molecule has 0 aromatic carbocycles. The van der Waals surface area contributed by atoms with E-state index in [0.29, 0.717) is 5.41 Å². The van der Waals surface area contributed by atoms with Crippen molar-refractivity contribution in [3.8, 4) is 0 Å². The van der Waals surface area contributed by atoms with E-state index in [1.807, 2.05) is 11.3 Å². The van der Waals surface area contributed by atoms with Crippen molar-refractivity contribution in [2.24, 2.45) is 5.41 Å². The lowest BCUT2D eigenvalue weighted by Crippen LogP contribution is -2.42. The molecular formula is C14H23NOS2. The smallest absolute Gasteiger partial charge is 0.0472 e. The minimum Gasteiger partial charge on any atom is -0.381 e. The molecule has 0 bridgehead atoms. The molecule has 0 N–H and O–H groups in total. The summed E-state index contributed by atoms with van der Waals surface area (Å²) in [5.41, 5.74) is 0.367. The minimum absolute atomic E-state index is 0.367. The maximum absolute atomic E-state index is 5.48. The van der Waals surface area contributed by atoms with Crippen LogP contribution in [0.2, 0.25) is 0 Å². The Morgan fingerprint density at radius 2 is 2.22 bits per heavy atom. The molecule has 1 aliphatic rings. The number of nitrogens with zero attached hydrogens (tertiary/aromatic N) is 1. The summed E-state index contributed by atoms with van der Waals surface area (Å²) in [5.74, 6) is 0.972. The van der Waals surface area contributed by atoms with Crippen molar-refractivity contribution in [3.05, 3.63) is 22.4 Å². The largest absolute Gasteiger partial charge is 0.381 e. The second-order valence-corrected chi connectivity index (χ2v) is 6.69. The number of hydrogen-bond donors (Lipinski definition) is 1. The van der Waals surface area contributed by atoms with Crippen LogP contribution in [0.4, 0.5) is 0 Å². The van der Waals surface area contributed by atoms with Gasteiger partial charge in [-0.15, -0.1) is 11.3 Å². The maximum atomic E-state index is 5.48. The first-order valence-electron chi connectivity index (χ1n) is 6.64. The van der Waals surface area contributed by atoms with Gasteiger partial charge in [0.25, 0.3) is 0 Å². The summed E-state index contributed by atoms with van der Waals surface area (Å²) in [6.07, 6.45) is 3.47. The molecule has 0 amide bonds. The van der Waals surface area contributed by atoms with Gasteiger partial charge < -0.3 is 9.64 Å². The van der Waals surface area contributed by atoms with Crippen molar-refractivity contribution in [3.63, 3.8) is 0 Å². The summed E-state index contributed by atoms with van der Waals surface area (Å²) >= 11 is 6.43. The van der Waals surface area contributed by atoms with Crippen LogP contribution in [0, 0.1) is 5.41 Å². The number of likely N-dealkylation sites (N-methyl/N-ethyl adjacent to an activating group) is 1. The van der Waals surface area contributed by atoms with Gasteiger partial charge in [0.1, 0.15) is 0 Å². The van der Waals surface area contributed by atoms with Crippen LogP contribution in [0.5, 0.6) is 0 Å². The fourth-order valence-electron chi connectivity index (χ4n) is 2.58. The summed E-state index contributed by atoms with van der Waals surface area (Å²) in [4.78, 5) is 3.94. The quantitative estimate of drug-likeness (QED) is 0.807. The molecule has 2 nitrogen and oxygen atoms in total. The lowest BCUT2D eigenvalue weighted by Gasteiger charge is -2.39. The highest BCUT2D eigenvalue weighted by Crippen LogP contribution is 2.32. The Balaban J connectivity index is 1.79. The second-order valence-electron chi connectivity index (χ2n) is 5.34. The molecular weight excluding hydrogens is 262 g/mol. The Labute approximate surface area is 120 Å². The molecule has 0 unspecified atom stereocenters. The summed E-state index contributed by atoms with van der Waals surface area (Å²) in [5, 5.41) is 2.16. The van der Waals surface area contributed by atoms with Gasteiger partial charge in [-0.1, -0.05) is 6.07 Å². The third-order valence-corrected chi connectivity index (χ3v) is 5.42. The Kier molecular flexibility index (Phi) is 5.55. The van der Waals surface area contributed by atoms with E-state index < -0.39 is 0 Å². The third-order valence-electron chi connectivity index (χ3n) is 3.81. The molecule has 2 rings (SSSR count). The van der Waals surface area contributed by atoms with Crippen LogP contribution in [0.15, 0.2) is 17.5 Å². The van der Waals surface area contributed by atoms with Crippen molar-refractivity contribution >= 4 is 24.0 Å². The van der Waals surface area contributed by atoms with Crippen molar-refractivity contribution < 1.29 is 4.74 Å². The van der Waals surface area contributed by atoms with Crippen molar-refractivity contribution in [1.82, 2.24) is 4.90 Å². The number of hydrogen-bond acceptors (Lipinski definition) is 4. The fourth-order valence-corrected chi connectivity index (χ4v) is 3.69. The Morgan fingerprint density at radius 3 is 2.83 bits per heavy atom. The molecule has 1 aromatic heterocycles. The van der Waals surface area contributed by atoms with E-state index in [1.54, 1.807) is 0 Å². The zero-order chi connectivity index (χ0) is 12.8. The van der Waals surface area contributed by atoms with Gasteiger partial charge in [0.15, 0.2) is 0 Å². The normalized spacial score (nSPS) is 19.3. The van der Waals surface area contributed by atoms with E-state index in [4.69, 9.17) is 4.74 Å². The topological polar surface area (TPSA) is 12.5 Å². The molecule has 0 radical (unpaired) electrons. The average Bonchev–Trinajstić information content (AvgIpc) is 2.91. The molecule has 1 fully saturated rings. The van der Waals surface area contributed by atoms with E-state index in [9.17, 15) is 0 Å². The van der Waals surface area contributed by atoms with Crippen LogP contribution < -0.4 is 0 Å². The zero-order valence-corrected chi connectivity index (χ0v) is 12.8. The first-order valence-corrected chi connectivity index (χ1v) is 8.15. The minimum atomic E-state index is 0.367. The summed E-state index contributed by atoms with van der Waals surface area (Å²) in [7, 11) is 2.23. The van der Waals surface area contributed by atoms with E-state index >= 15 is 0 Å². The molecule has 0 spiro atoms. The van der Waals surface area contributed by atoms with Crippen molar-refractivity contribution in [1.29, 1.82) is 0 Å². The van der Waals surface area contributed by atoms with Gasteiger partial charge in [-0.05, 0) is 48.9 Å². The highest BCUT2D eigenvalue weighted by Gasteiger charge is 2.32. The van der Waals surface area contributed by atoms with Crippen molar-refractivity contribution in [2.45, 2.75) is 19.3 Å². The van der Waals surface area contributed by atoms with E-state index in [-0.39, 0.29) is 0 Å². The van der Waals surface area contributed by atoms with Gasteiger partial charge in [-0.25, -0.2) is 0 Å². The third kappa shape index (κ3) is 3.98. The maximum Gasteiger partial charge on any atom is 0.0472 e. The summed E-state index contributed by atoms with van der Waals surface area (Å²) < 4.78 is 5.48. The standard InChI is InChI=1S/C14H23NOS2/c1-15(7-4-13-3-2-10-18-13)11-14(12-17)5-8-16-9-6-14/h2-3,10,17H,4-9,11-12H2,1H3. The fraction of sp³-hybridized carbons (Fsp3) is 0.714. The van der Waals surface area contributed by atoms with Crippen LogP contribution in [0.3, 0.4) is 0 Å². The molecule has 0 aliphatic carbocycles. The average molecular weight is 285 g/mol. The molecule has 4 heteroatoms. The monoisotopic (exact) mass is 285 g/mol. The van der Waals surface area contributed by atoms with Crippen molar-refractivity contribution in [2.75, 3.05) is 39.1 Å². The lowest BCUT2D eigenvalue weighted by molar-refractivity contribution is 0.0117. The SMILES string of the molecule is CN(CCc1cccs1)CC1(CS)CCOCC1. The summed E-state index contributed by atoms with van der Waals surface area (Å²) in [6.45, 7) is 4.08. The first-order chi connectivity index (χ1) is 8.74. The van der Waals surface area contributed by atoms with E-state index in [1.165, 1.54) is 4.88 Å². The number of thiophene rings is 1. The molecule has 1 aliphatic heterocycles. The van der Waals surface area contributed by atoms with Crippen LogP contribution in [0.25, 0.3) is 0 Å². The Morgan fingerprint density at radius 1 is 1.44 bits per heavy atom. The molecule has 2 heterocycles. The van der Waals surface area contributed by atoms with Crippen LogP contribution >= 0.6 is 24.0 Å².